The molecule has 0 spiro atoms. The molecule has 1 heterocycles. The summed E-state index contributed by atoms with van der Waals surface area (Å²) in [6.45, 7) is 0.960. The van der Waals surface area contributed by atoms with Crippen LogP contribution in [-0.4, -0.2) is 17.4 Å². The average molecular weight is 379 g/mol. The number of hydrogen-bond donors (Lipinski definition) is 3. The third-order valence-electron chi connectivity index (χ3n) is 4.19. The Morgan fingerprint density at radius 2 is 1.96 bits per heavy atom. The summed E-state index contributed by atoms with van der Waals surface area (Å²) >= 11 is 5.84. The smallest absolute Gasteiger partial charge is 0.263 e. The van der Waals surface area contributed by atoms with Crippen molar-refractivity contribution >= 4 is 28.4 Å². The van der Waals surface area contributed by atoms with E-state index in [0.29, 0.717) is 18.1 Å². The average Bonchev–Trinajstić information content (AvgIpc) is 3.10. The summed E-state index contributed by atoms with van der Waals surface area (Å²) < 4.78 is 0. The number of amides is 1. The Morgan fingerprint density at radius 3 is 2.74 bits per heavy atom. The number of halogens is 1. The zero-order valence-electron chi connectivity index (χ0n) is 14.6. The number of H-pyrrole nitrogens is 1. The fourth-order valence-electron chi connectivity index (χ4n) is 2.75. The van der Waals surface area contributed by atoms with Crippen LogP contribution >= 0.6 is 11.6 Å². The molecule has 3 rings (SSSR count). The summed E-state index contributed by atoms with van der Waals surface area (Å²) in [6, 6.07) is 17.2. The Morgan fingerprint density at radius 1 is 1.19 bits per heavy atom. The number of aromatic nitrogens is 1. The van der Waals surface area contributed by atoms with Gasteiger partial charge in [-0.15, -0.1) is 0 Å². The summed E-state index contributed by atoms with van der Waals surface area (Å²) in [5.41, 5.74) is 3.25. The van der Waals surface area contributed by atoms with Crippen molar-refractivity contribution in [2.24, 2.45) is 0 Å². The van der Waals surface area contributed by atoms with Crippen molar-refractivity contribution in [1.82, 2.24) is 15.6 Å². The zero-order chi connectivity index (χ0) is 19.1. The minimum Gasteiger partial charge on any atom is -0.389 e. The van der Waals surface area contributed by atoms with Crippen molar-refractivity contribution in [3.63, 3.8) is 0 Å². The molecule has 1 aromatic heterocycles. The molecule has 6 heteroatoms. The molecule has 1 amide bonds. The van der Waals surface area contributed by atoms with Crippen LogP contribution in [0.2, 0.25) is 5.02 Å². The fraction of sp³-hybridized carbons (Fsp3) is 0.143. The van der Waals surface area contributed by atoms with Gasteiger partial charge >= 0.3 is 0 Å². The number of aromatic amines is 1. The molecular formula is C21H19ClN4O. The maximum Gasteiger partial charge on any atom is 0.263 e. The minimum absolute atomic E-state index is 0.0443. The lowest BCUT2D eigenvalue weighted by Gasteiger charge is -2.05. The van der Waals surface area contributed by atoms with Crippen LogP contribution in [0.5, 0.6) is 0 Å². The summed E-state index contributed by atoms with van der Waals surface area (Å²) in [7, 11) is 0. The molecule has 0 aliphatic carbocycles. The molecule has 0 aliphatic rings. The molecular weight excluding hydrogens is 360 g/mol. The number of hydrogen-bond acceptors (Lipinski definition) is 3. The lowest BCUT2D eigenvalue weighted by molar-refractivity contribution is -0.117. The number of rotatable bonds is 7. The van der Waals surface area contributed by atoms with Crippen LogP contribution in [0.15, 0.2) is 66.5 Å². The van der Waals surface area contributed by atoms with Crippen LogP contribution in [0, 0.1) is 11.3 Å². The molecule has 0 bridgehead atoms. The van der Waals surface area contributed by atoms with Gasteiger partial charge in [-0.1, -0.05) is 41.9 Å². The van der Waals surface area contributed by atoms with E-state index in [2.05, 4.69) is 21.7 Å². The Bertz CT molecular complexity index is 999. The van der Waals surface area contributed by atoms with Crippen molar-refractivity contribution < 1.29 is 4.79 Å². The molecule has 136 valence electrons. The summed E-state index contributed by atoms with van der Waals surface area (Å²) in [4.78, 5) is 15.4. The van der Waals surface area contributed by atoms with Crippen molar-refractivity contribution in [1.29, 1.82) is 5.26 Å². The molecule has 5 nitrogen and oxygen atoms in total. The molecule has 2 aromatic carbocycles. The second kappa shape index (κ2) is 8.93. The van der Waals surface area contributed by atoms with Gasteiger partial charge < -0.3 is 15.6 Å². The second-order valence-electron chi connectivity index (χ2n) is 6.04. The summed E-state index contributed by atoms with van der Waals surface area (Å²) in [5, 5.41) is 16.8. The summed E-state index contributed by atoms with van der Waals surface area (Å²) in [5.74, 6) is -0.410. The molecule has 0 saturated heterocycles. The van der Waals surface area contributed by atoms with Gasteiger partial charge in [-0.25, -0.2) is 0 Å². The molecule has 3 N–H and O–H groups in total. The number of benzene rings is 2. The maximum absolute atomic E-state index is 12.1. The topological polar surface area (TPSA) is 80.7 Å². The van der Waals surface area contributed by atoms with Crippen LogP contribution < -0.4 is 10.6 Å². The number of fused-ring (bicyclic) bond motifs is 1. The highest BCUT2D eigenvalue weighted by Crippen LogP contribution is 2.17. The third-order valence-corrected chi connectivity index (χ3v) is 4.44. The Balaban J connectivity index is 1.50. The normalized spacial score (nSPS) is 11.2. The lowest BCUT2D eigenvalue weighted by atomic mass is 10.1. The van der Waals surface area contributed by atoms with Crippen LogP contribution in [0.25, 0.3) is 10.9 Å². The van der Waals surface area contributed by atoms with Crippen LogP contribution in [-0.2, 0) is 17.8 Å². The first kappa shape index (κ1) is 18.6. The predicted octanol–water partition coefficient (Wildman–Crippen LogP) is 3.68. The highest BCUT2D eigenvalue weighted by molar-refractivity contribution is 6.30. The number of nitrogens with zero attached hydrogens (tertiary/aromatic N) is 1. The van der Waals surface area contributed by atoms with Gasteiger partial charge in [0.05, 0.1) is 0 Å². The minimum atomic E-state index is -0.410. The van der Waals surface area contributed by atoms with E-state index in [9.17, 15) is 10.1 Å². The van der Waals surface area contributed by atoms with E-state index < -0.39 is 5.91 Å². The Hall–Kier alpha value is -3.23. The number of carbonyl (C=O) groups excluding carboxylic acids is 1. The van der Waals surface area contributed by atoms with E-state index in [0.717, 1.165) is 17.5 Å². The largest absolute Gasteiger partial charge is 0.389 e. The van der Waals surface area contributed by atoms with Gasteiger partial charge in [-0.05, 0) is 35.7 Å². The van der Waals surface area contributed by atoms with E-state index in [-0.39, 0.29) is 5.57 Å². The first-order chi connectivity index (χ1) is 13.2. The molecule has 0 saturated carbocycles. The zero-order valence-corrected chi connectivity index (χ0v) is 15.4. The second-order valence-corrected chi connectivity index (χ2v) is 6.48. The Labute approximate surface area is 162 Å². The van der Waals surface area contributed by atoms with Crippen LogP contribution in [0.3, 0.4) is 0 Å². The van der Waals surface area contributed by atoms with E-state index >= 15 is 0 Å². The Kier molecular flexibility index (Phi) is 6.14. The number of nitrogens with one attached hydrogen (secondary N) is 3. The van der Waals surface area contributed by atoms with Crippen LogP contribution in [0.1, 0.15) is 11.1 Å². The van der Waals surface area contributed by atoms with Gasteiger partial charge in [0.15, 0.2) is 0 Å². The summed E-state index contributed by atoms with van der Waals surface area (Å²) in [6.07, 6.45) is 4.23. The highest BCUT2D eigenvalue weighted by Gasteiger charge is 2.08. The molecule has 0 aliphatic heterocycles. The number of para-hydroxylation sites is 1. The van der Waals surface area contributed by atoms with Gasteiger partial charge in [-0.2, -0.15) is 5.26 Å². The molecule has 27 heavy (non-hydrogen) atoms. The molecule has 0 radical (unpaired) electrons. The van der Waals surface area contributed by atoms with Gasteiger partial charge in [0.1, 0.15) is 11.6 Å². The van der Waals surface area contributed by atoms with E-state index in [1.54, 1.807) is 12.1 Å². The van der Waals surface area contributed by atoms with Gasteiger partial charge in [0.25, 0.3) is 5.91 Å². The molecule has 0 atom stereocenters. The number of carbonyl (C=O) groups is 1. The van der Waals surface area contributed by atoms with Crippen molar-refractivity contribution in [3.8, 4) is 6.07 Å². The third kappa shape index (κ3) is 4.90. The molecule has 3 aromatic rings. The van der Waals surface area contributed by atoms with Gasteiger partial charge in [0, 0.05) is 41.4 Å². The SMILES string of the molecule is N#C/C(=C/NCCc1c[nH]c2ccccc12)C(=O)NCc1ccc(Cl)cc1. The number of nitriles is 1. The van der Waals surface area contributed by atoms with E-state index in [4.69, 9.17) is 11.6 Å². The first-order valence-corrected chi connectivity index (χ1v) is 8.96. The van der Waals surface area contributed by atoms with Crippen molar-refractivity contribution in [2.45, 2.75) is 13.0 Å². The van der Waals surface area contributed by atoms with E-state index in [1.165, 1.54) is 17.1 Å². The first-order valence-electron chi connectivity index (χ1n) is 8.58. The van der Waals surface area contributed by atoms with E-state index in [1.807, 2.05) is 42.6 Å². The van der Waals surface area contributed by atoms with Crippen LogP contribution in [0.4, 0.5) is 0 Å². The fourth-order valence-corrected chi connectivity index (χ4v) is 2.87. The lowest BCUT2D eigenvalue weighted by Crippen LogP contribution is -2.25. The van der Waals surface area contributed by atoms with Crippen molar-refractivity contribution in [2.75, 3.05) is 6.54 Å². The van der Waals surface area contributed by atoms with Gasteiger partial charge in [0.2, 0.25) is 0 Å². The molecule has 0 fully saturated rings. The van der Waals surface area contributed by atoms with Gasteiger partial charge in [-0.3, -0.25) is 4.79 Å². The van der Waals surface area contributed by atoms with Crippen molar-refractivity contribution in [3.05, 3.63) is 82.7 Å². The standard InChI is InChI=1S/C21H19ClN4O/c22-18-7-5-15(6-8-18)12-26-21(27)17(11-23)13-24-10-9-16-14-25-20-4-2-1-3-19(16)20/h1-8,13-14,24-25H,9-10,12H2,(H,26,27)/b17-13-. The monoisotopic (exact) mass is 378 g/mol. The highest BCUT2D eigenvalue weighted by atomic mass is 35.5. The predicted molar refractivity (Wildman–Crippen MR) is 107 cm³/mol. The maximum atomic E-state index is 12.1. The molecule has 0 unspecified atom stereocenters. The quantitative estimate of drug-likeness (QED) is 0.333.